The van der Waals surface area contributed by atoms with Crippen LogP contribution in [0.2, 0.25) is 0 Å². The highest BCUT2D eigenvalue weighted by atomic mass is 16.5. The number of ether oxygens (including phenoxy) is 1. The summed E-state index contributed by atoms with van der Waals surface area (Å²) in [7, 11) is 1.60. The number of hydrogen-bond donors (Lipinski definition) is 0. The first-order valence-corrected chi connectivity index (χ1v) is 4.48. The molecule has 1 aromatic carbocycles. The van der Waals surface area contributed by atoms with Gasteiger partial charge in [-0.1, -0.05) is 6.07 Å². The fourth-order valence-electron chi connectivity index (χ4n) is 1.50. The standard InChI is InChI=1S/C11H12O2/c1-13-11-6-9(8-2-3-8)4-5-10(11)7-12/h4-8H,2-3H2,1H3. The van der Waals surface area contributed by atoms with Gasteiger partial charge in [0.1, 0.15) is 5.75 Å². The van der Waals surface area contributed by atoms with Gasteiger partial charge in [-0.2, -0.15) is 0 Å². The molecule has 0 atom stereocenters. The van der Waals surface area contributed by atoms with Gasteiger partial charge in [-0.3, -0.25) is 4.79 Å². The fourth-order valence-corrected chi connectivity index (χ4v) is 1.50. The van der Waals surface area contributed by atoms with Gasteiger partial charge in [0, 0.05) is 0 Å². The van der Waals surface area contributed by atoms with Crippen LogP contribution in [0, 0.1) is 0 Å². The normalized spacial score (nSPS) is 15.5. The smallest absolute Gasteiger partial charge is 0.153 e. The van der Waals surface area contributed by atoms with E-state index in [9.17, 15) is 4.79 Å². The molecule has 0 bridgehead atoms. The molecule has 0 radical (unpaired) electrons. The van der Waals surface area contributed by atoms with Gasteiger partial charge >= 0.3 is 0 Å². The van der Waals surface area contributed by atoms with Gasteiger partial charge < -0.3 is 4.74 Å². The topological polar surface area (TPSA) is 26.3 Å². The highest BCUT2D eigenvalue weighted by molar-refractivity contribution is 5.79. The monoisotopic (exact) mass is 176 g/mol. The van der Waals surface area contributed by atoms with E-state index in [0.29, 0.717) is 17.2 Å². The molecule has 1 fully saturated rings. The van der Waals surface area contributed by atoms with Gasteiger partial charge in [-0.15, -0.1) is 0 Å². The van der Waals surface area contributed by atoms with Gasteiger partial charge in [-0.25, -0.2) is 0 Å². The van der Waals surface area contributed by atoms with Gasteiger partial charge in [0.2, 0.25) is 0 Å². The average molecular weight is 176 g/mol. The minimum Gasteiger partial charge on any atom is -0.496 e. The van der Waals surface area contributed by atoms with E-state index in [4.69, 9.17) is 4.74 Å². The van der Waals surface area contributed by atoms with Crippen LogP contribution in [0.4, 0.5) is 0 Å². The summed E-state index contributed by atoms with van der Waals surface area (Å²) in [6, 6.07) is 5.82. The highest BCUT2D eigenvalue weighted by Gasteiger charge is 2.24. The molecule has 2 heteroatoms. The number of carbonyl (C=O) groups is 1. The zero-order chi connectivity index (χ0) is 9.26. The predicted molar refractivity (Wildman–Crippen MR) is 50.4 cm³/mol. The lowest BCUT2D eigenvalue weighted by molar-refractivity contribution is 0.112. The summed E-state index contributed by atoms with van der Waals surface area (Å²) < 4.78 is 5.12. The minimum atomic E-state index is 0.631. The Morgan fingerprint density at radius 2 is 2.23 bits per heavy atom. The van der Waals surface area contributed by atoms with Crippen molar-refractivity contribution < 1.29 is 9.53 Å². The summed E-state index contributed by atoms with van der Waals surface area (Å²) in [5, 5.41) is 0. The Labute approximate surface area is 77.5 Å². The molecule has 2 nitrogen and oxygen atoms in total. The van der Waals surface area contributed by atoms with E-state index in [1.54, 1.807) is 7.11 Å². The number of methoxy groups -OCH3 is 1. The number of carbonyl (C=O) groups excluding carboxylic acids is 1. The van der Waals surface area contributed by atoms with Crippen molar-refractivity contribution in [2.24, 2.45) is 0 Å². The number of hydrogen-bond acceptors (Lipinski definition) is 2. The molecule has 2 rings (SSSR count). The van der Waals surface area contributed by atoms with E-state index < -0.39 is 0 Å². The summed E-state index contributed by atoms with van der Waals surface area (Å²) >= 11 is 0. The third-order valence-corrected chi connectivity index (χ3v) is 2.43. The van der Waals surface area contributed by atoms with Crippen LogP contribution in [0.5, 0.6) is 5.75 Å². The molecule has 0 N–H and O–H groups in total. The minimum absolute atomic E-state index is 0.631. The lowest BCUT2D eigenvalue weighted by Gasteiger charge is -2.05. The van der Waals surface area contributed by atoms with Crippen LogP contribution in [-0.2, 0) is 0 Å². The van der Waals surface area contributed by atoms with Crippen molar-refractivity contribution in [3.63, 3.8) is 0 Å². The molecule has 0 saturated heterocycles. The molecule has 0 aliphatic heterocycles. The Morgan fingerprint density at radius 3 is 2.77 bits per heavy atom. The van der Waals surface area contributed by atoms with E-state index >= 15 is 0 Å². The summed E-state index contributed by atoms with van der Waals surface area (Å²) in [5.74, 6) is 1.40. The molecule has 0 unspecified atom stereocenters. The third-order valence-electron chi connectivity index (χ3n) is 2.43. The van der Waals surface area contributed by atoms with Crippen molar-refractivity contribution in [2.45, 2.75) is 18.8 Å². The first-order chi connectivity index (χ1) is 6.35. The van der Waals surface area contributed by atoms with Gasteiger partial charge in [-0.05, 0) is 36.5 Å². The second kappa shape index (κ2) is 3.21. The van der Waals surface area contributed by atoms with Crippen molar-refractivity contribution in [2.75, 3.05) is 7.11 Å². The molecule has 68 valence electrons. The van der Waals surface area contributed by atoms with Crippen LogP contribution >= 0.6 is 0 Å². The second-order valence-corrected chi connectivity index (χ2v) is 3.39. The van der Waals surface area contributed by atoms with E-state index in [2.05, 4.69) is 0 Å². The van der Waals surface area contributed by atoms with Crippen LogP contribution in [0.15, 0.2) is 18.2 Å². The SMILES string of the molecule is COc1cc(C2CC2)ccc1C=O. The van der Waals surface area contributed by atoms with E-state index in [1.807, 2.05) is 18.2 Å². The van der Waals surface area contributed by atoms with E-state index in [-0.39, 0.29) is 0 Å². The predicted octanol–water partition coefficient (Wildman–Crippen LogP) is 2.39. The molecule has 1 saturated carbocycles. The summed E-state index contributed by atoms with van der Waals surface area (Å²) in [5.41, 5.74) is 1.93. The van der Waals surface area contributed by atoms with Crippen LogP contribution in [0.25, 0.3) is 0 Å². The molecular formula is C11H12O2. The zero-order valence-electron chi connectivity index (χ0n) is 7.62. The Morgan fingerprint density at radius 1 is 1.46 bits per heavy atom. The lowest BCUT2D eigenvalue weighted by atomic mass is 10.1. The van der Waals surface area contributed by atoms with Crippen LogP contribution < -0.4 is 4.74 Å². The van der Waals surface area contributed by atoms with Gasteiger partial charge in [0.15, 0.2) is 6.29 Å². The largest absolute Gasteiger partial charge is 0.496 e. The maximum Gasteiger partial charge on any atom is 0.153 e. The molecule has 1 aliphatic carbocycles. The van der Waals surface area contributed by atoms with Crippen molar-refractivity contribution in [3.05, 3.63) is 29.3 Å². The maximum atomic E-state index is 10.6. The molecule has 1 aromatic rings. The van der Waals surface area contributed by atoms with Crippen molar-refractivity contribution >= 4 is 6.29 Å². The molecule has 0 aromatic heterocycles. The first-order valence-electron chi connectivity index (χ1n) is 4.48. The van der Waals surface area contributed by atoms with E-state index in [1.165, 1.54) is 18.4 Å². The summed E-state index contributed by atoms with van der Waals surface area (Å²) in [6.07, 6.45) is 3.36. The van der Waals surface area contributed by atoms with Crippen LogP contribution in [0.3, 0.4) is 0 Å². The fraction of sp³-hybridized carbons (Fsp3) is 0.364. The Kier molecular flexibility index (Phi) is 2.05. The zero-order valence-corrected chi connectivity index (χ0v) is 7.62. The Balaban J connectivity index is 2.36. The van der Waals surface area contributed by atoms with Crippen molar-refractivity contribution in [3.8, 4) is 5.75 Å². The molecule has 13 heavy (non-hydrogen) atoms. The second-order valence-electron chi connectivity index (χ2n) is 3.39. The lowest BCUT2D eigenvalue weighted by Crippen LogP contribution is -1.91. The Hall–Kier alpha value is -1.31. The van der Waals surface area contributed by atoms with Gasteiger partial charge in [0.05, 0.1) is 12.7 Å². The van der Waals surface area contributed by atoms with Crippen LogP contribution in [-0.4, -0.2) is 13.4 Å². The summed E-state index contributed by atoms with van der Waals surface area (Å²) in [4.78, 5) is 10.6. The third kappa shape index (κ3) is 1.57. The van der Waals surface area contributed by atoms with Gasteiger partial charge in [0.25, 0.3) is 0 Å². The highest BCUT2D eigenvalue weighted by Crippen LogP contribution is 2.41. The molecule has 0 amide bonds. The maximum absolute atomic E-state index is 10.6. The molecule has 0 spiro atoms. The number of aldehydes is 1. The Bertz CT molecular complexity index is 327. The van der Waals surface area contributed by atoms with E-state index in [0.717, 1.165) is 6.29 Å². The van der Waals surface area contributed by atoms with Crippen molar-refractivity contribution in [1.82, 2.24) is 0 Å². The molecule has 0 heterocycles. The number of rotatable bonds is 3. The molecule has 1 aliphatic rings. The molecular weight excluding hydrogens is 164 g/mol. The van der Waals surface area contributed by atoms with Crippen LogP contribution in [0.1, 0.15) is 34.7 Å². The number of benzene rings is 1. The quantitative estimate of drug-likeness (QED) is 0.661. The summed E-state index contributed by atoms with van der Waals surface area (Å²) in [6.45, 7) is 0. The first kappa shape index (κ1) is 8.30. The average Bonchev–Trinajstić information content (AvgIpc) is 3.00. The van der Waals surface area contributed by atoms with Crippen molar-refractivity contribution in [1.29, 1.82) is 0 Å².